The summed E-state index contributed by atoms with van der Waals surface area (Å²) >= 11 is 0. The maximum atomic E-state index is 13.7. The van der Waals surface area contributed by atoms with Gasteiger partial charge >= 0.3 is 0 Å². The zero-order valence-corrected chi connectivity index (χ0v) is 21.1. The number of benzene rings is 2. The van der Waals surface area contributed by atoms with Crippen LogP contribution in [-0.4, -0.2) is 36.7 Å². The fraction of sp³-hybridized carbons (Fsp3) is 0.379. The molecule has 0 bridgehead atoms. The van der Waals surface area contributed by atoms with Crippen LogP contribution in [0.1, 0.15) is 48.0 Å². The van der Waals surface area contributed by atoms with Gasteiger partial charge in [-0.1, -0.05) is 32.0 Å². The minimum absolute atomic E-state index is 0.129. The fourth-order valence-corrected chi connectivity index (χ4v) is 5.32. The molecule has 2 aliphatic rings. The predicted molar refractivity (Wildman–Crippen MR) is 138 cm³/mol. The highest BCUT2D eigenvalue weighted by atomic mass is 19.3. The van der Waals surface area contributed by atoms with Gasteiger partial charge in [0.05, 0.1) is 19.3 Å². The van der Waals surface area contributed by atoms with Gasteiger partial charge in [-0.15, -0.1) is 0 Å². The normalized spacial score (nSPS) is 18.8. The Balaban J connectivity index is 1.44. The van der Waals surface area contributed by atoms with Gasteiger partial charge in [0, 0.05) is 36.6 Å². The number of ether oxygens (including phenoxy) is 1. The number of pyridine rings is 1. The molecule has 1 N–H and O–H groups in total. The largest absolute Gasteiger partial charge is 0.377 e. The van der Waals surface area contributed by atoms with Crippen molar-refractivity contribution in [2.24, 2.45) is 5.41 Å². The van der Waals surface area contributed by atoms with E-state index in [2.05, 4.69) is 47.2 Å². The van der Waals surface area contributed by atoms with Crippen LogP contribution < -0.4 is 10.2 Å². The number of aryl methyl sites for hydroxylation is 1. The molecule has 2 aromatic carbocycles. The summed E-state index contributed by atoms with van der Waals surface area (Å²) < 4.78 is 33.2. The van der Waals surface area contributed by atoms with Crippen molar-refractivity contribution in [2.45, 2.75) is 46.1 Å². The molecule has 1 atom stereocenters. The molecule has 0 aliphatic carbocycles. The quantitative estimate of drug-likeness (QED) is 0.472. The van der Waals surface area contributed by atoms with E-state index in [-0.39, 0.29) is 11.0 Å². The number of halogens is 2. The van der Waals surface area contributed by atoms with Gasteiger partial charge in [0.15, 0.2) is 0 Å². The van der Waals surface area contributed by atoms with Crippen LogP contribution in [0.4, 0.5) is 20.2 Å². The predicted octanol–water partition coefficient (Wildman–Crippen LogP) is 6.21. The lowest BCUT2D eigenvalue weighted by Crippen LogP contribution is -2.56. The van der Waals surface area contributed by atoms with E-state index in [1.165, 1.54) is 23.5 Å². The zero-order chi connectivity index (χ0) is 25.7. The Hall–Kier alpha value is -3.32. The van der Waals surface area contributed by atoms with E-state index >= 15 is 0 Å². The molecule has 1 aromatic heterocycles. The molecule has 1 saturated heterocycles. The highest BCUT2D eigenvalue weighted by Gasteiger charge is 2.41. The Bertz CT molecular complexity index is 1320. The lowest BCUT2D eigenvalue weighted by Gasteiger charge is -2.50. The number of alkyl halides is 2. The van der Waals surface area contributed by atoms with Crippen molar-refractivity contribution >= 4 is 17.3 Å². The molecule has 0 spiro atoms. The van der Waals surface area contributed by atoms with Gasteiger partial charge in [-0.3, -0.25) is 9.78 Å². The molecule has 1 amide bonds. The molecule has 7 heteroatoms. The highest BCUT2D eigenvalue weighted by Crippen LogP contribution is 2.44. The monoisotopic (exact) mass is 491 g/mol. The third-order valence-electron chi connectivity index (χ3n) is 7.35. The fourth-order valence-electron chi connectivity index (χ4n) is 5.32. The Labute approximate surface area is 210 Å². The molecular formula is C29H31F2N3O2. The first-order chi connectivity index (χ1) is 17.0. The molecule has 2 aliphatic heterocycles. The number of hydrogen-bond donors (Lipinski definition) is 1. The molecule has 188 valence electrons. The summed E-state index contributed by atoms with van der Waals surface area (Å²) in [6.07, 6.45) is 2.22. The minimum atomic E-state index is -3.12. The van der Waals surface area contributed by atoms with E-state index < -0.39 is 17.5 Å². The molecule has 36 heavy (non-hydrogen) atoms. The topological polar surface area (TPSA) is 54.5 Å². The number of morpholine rings is 1. The summed E-state index contributed by atoms with van der Waals surface area (Å²) in [7, 11) is 0. The summed E-state index contributed by atoms with van der Waals surface area (Å²) in [5, 5.41) is 2.85. The van der Waals surface area contributed by atoms with Gasteiger partial charge in [0.2, 0.25) is 0 Å². The van der Waals surface area contributed by atoms with Gasteiger partial charge in [-0.25, -0.2) is 0 Å². The number of carbonyl (C=O) groups excluding carboxylic acids is 1. The maximum Gasteiger partial charge on any atom is 0.286 e. The number of anilines is 2. The van der Waals surface area contributed by atoms with E-state index in [1.54, 1.807) is 0 Å². The van der Waals surface area contributed by atoms with Crippen molar-refractivity contribution in [2.75, 3.05) is 30.0 Å². The molecule has 5 nitrogen and oxygen atoms in total. The van der Waals surface area contributed by atoms with E-state index in [0.29, 0.717) is 11.7 Å². The van der Waals surface area contributed by atoms with Crippen LogP contribution in [0.2, 0.25) is 0 Å². The van der Waals surface area contributed by atoms with Gasteiger partial charge < -0.3 is 15.0 Å². The molecule has 0 saturated carbocycles. The van der Waals surface area contributed by atoms with Crippen LogP contribution in [0, 0.1) is 12.3 Å². The van der Waals surface area contributed by atoms with Crippen molar-refractivity contribution in [3.05, 3.63) is 77.1 Å². The summed E-state index contributed by atoms with van der Waals surface area (Å²) in [6, 6.07) is 15.2. The highest BCUT2D eigenvalue weighted by molar-refractivity contribution is 6.04. The SMILES string of the molecule is Cc1ccc(NC(=O)c2ccnc(C(C)(F)F)c2)cc1-c1ccc2c(c1)N1CCOC[C@H]1C(C)(C)C2. The molecule has 0 radical (unpaired) electrons. The first kappa shape index (κ1) is 24.4. The van der Waals surface area contributed by atoms with E-state index in [1.807, 2.05) is 25.1 Å². The number of fused-ring (bicyclic) bond motifs is 3. The number of rotatable bonds is 4. The standard InChI is InChI=1S/C29H31F2N3O2/c1-18-5-8-22(33-27(35)20-9-10-32-25(14-20)29(4,30)31)15-23(18)19-6-7-21-16-28(2,3)26-17-36-12-11-34(26)24(21)13-19/h5-10,13-15,26H,11-12,16-17H2,1-4H3,(H,33,35)/t26-/m0/s1. The van der Waals surface area contributed by atoms with E-state index in [9.17, 15) is 13.6 Å². The lowest BCUT2D eigenvalue weighted by atomic mass is 9.74. The molecule has 3 aromatic rings. The number of carbonyl (C=O) groups is 1. The second-order valence-corrected chi connectivity index (χ2v) is 10.6. The second kappa shape index (κ2) is 8.96. The van der Waals surface area contributed by atoms with Gasteiger partial charge in [-0.2, -0.15) is 8.78 Å². The first-order valence-corrected chi connectivity index (χ1v) is 12.3. The summed E-state index contributed by atoms with van der Waals surface area (Å²) in [6.45, 7) is 9.74. The number of amides is 1. The summed E-state index contributed by atoms with van der Waals surface area (Å²) in [4.78, 5) is 19.0. The van der Waals surface area contributed by atoms with Crippen LogP contribution >= 0.6 is 0 Å². The van der Waals surface area contributed by atoms with Crippen LogP contribution in [0.5, 0.6) is 0 Å². The third kappa shape index (κ3) is 4.60. The number of nitrogens with one attached hydrogen (secondary N) is 1. The first-order valence-electron chi connectivity index (χ1n) is 12.3. The minimum Gasteiger partial charge on any atom is -0.377 e. The van der Waals surface area contributed by atoms with Crippen LogP contribution in [0.15, 0.2) is 54.7 Å². The number of nitrogens with zero attached hydrogens (tertiary/aromatic N) is 2. The lowest BCUT2D eigenvalue weighted by molar-refractivity contribution is 0.0127. The molecule has 0 unspecified atom stereocenters. The Morgan fingerprint density at radius 2 is 1.97 bits per heavy atom. The van der Waals surface area contributed by atoms with Crippen molar-refractivity contribution in [1.82, 2.24) is 4.98 Å². The molecule has 1 fully saturated rings. The Morgan fingerprint density at radius 3 is 2.75 bits per heavy atom. The molecular weight excluding hydrogens is 460 g/mol. The van der Waals surface area contributed by atoms with Crippen molar-refractivity contribution < 1.29 is 18.3 Å². The Morgan fingerprint density at radius 1 is 1.17 bits per heavy atom. The molecule has 3 heterocycles. The summed E-state index contributed by atoms with van der Waals surface area (Å²) in [5.74, 6) is -3.57. The zero-order valence-electron chi connectivity index (χ0n) is 21.1. The average Bonchev–Trinajstić information content (AvgIpc) is 2.84. The van der Waals surface area contributed by atoms with Crippen LogP contribution in [0.3, 0.4) is 0 Å². The van der Waals surface area contributed by atoms with Gasteiger partial charge in [0.25, 0.3) is 11.8 Å². The van der Waals surface area contributed by atoms with Gasteiger partial charge in [-0.05, 0) is 71.3 Å². The summed E-state index contributed by atoms with van der Waals surface area (Å²) in [5.41, 5.74) is 6.19. The maximum absolute atomic E-state index is 13.7. The van der Waals surface area contributed by atoms with E-state index in [4.69, 9.17) is 4.74 Å². The van der Waals surface area contributed by atoms with Crippen molar-refractivity contribution in [1.29, 1.82) is 0 Å². The average molecular weight is 492 g/mol. The van der Waals surface area contributed by atoms with Gasteiger partial charge in [0.1, 0.15) is 5.69 Å². The van der Waals surface area contributed by atoms with Crippen molar-refractivity contribution in [3.63, 3.8) is 0 Å². The third-order valence-corrected chi connectivity index (χ3v) is 7.35. The molecule has 5 rings (SSSR count). The smallest absolute Gasteiger partial charge is 0.286 e. The van der Waals surface area contributed by atoms with Crippen LogP contribution in [-0.2, 0) is 17.1 Å². The number of hydrogen-bond acceptors (Lipinski definition) is 4. The van der Waals surface area contributed by atoms with Crippen molar-refractivity contribution in [3.8, 4) is 11.1 Å². The number of aromatic nitrogens is 1. The van der Waals surface area contributed by atoms with Crippen LogP contribution in [0.25, 0.3) is 11.1 Å². The Kier molecular flexibility index (Phi) is 6.07. The second-order valence-electron chi connectivity index (χ2n) is 10.6. The van der Waals surface area contributed by atoms with E-state index in [0.717, 1.165) is 55.9 Å².